The van der Waals surface area contributed by atoms with E-state index < -0.39 is 11.7 Å². The van der Waals surface area contributed by atoms with Gasteiger partial charge >= 0.3 is 6.18 Å². The molecular formula is C15H15F3N2. The largest absolute Gasteiger partial charge is 0.416 e. The lowest BCUT2D eigenvalue weighted by atomic mass is 10.1. The van der Waals surface area contributed by atoms with E-state index in [0.29, 0.717) is 12.1 Å². The summed E-state index contributed by atoms with van der Waals surface area (Å²) in [7, 11) is 0. The van der Waals surface area contributed by atoms with Crippen LogP contribution in [-0.4, -0.2) is 6.54 Å². The lowest BCUT2D eigenvalue weighted by molar-refractivity contribution is -0.137. The van der Waals surface area contributed by atoms with Gasteiger partial charge in [-0.1, -0.05) is 30.3 Å². The SMILES string of the molecule is NC(CNc1ccccc1)c1ccc(C(F)(F)F)cc1. The van der Waals surface area contributed by atoms with Crippen LogP contribution in [0.25, 0.3) is 0 Å². The van der Waals surface area contributed by atoms with Gasteiger partial charge in [-0.25, -0.2) is 0 Å². The number of hydrogen-bond acceptors (Lipinski definition) is 2. The minimum atomic E-state index is -4.31. The van der Waals surface area contributed by atoms with Crippen molar-refractivity contribution in [1.82, 2.24) is 0 Å². The van der Waals surface area contributed by atoms with Crippen molar-refractivity contribution in [3.8, 4) is 0 Å². The summed E-state index contributed by atoms with van der Waals surface area (Å²) in [6, 6.07) is 14.1. The molecule has 20 heavy (non-hydrogen) atoms. The summed E-state index contributed by atoms with van der Waals surface area (Å²) >= 11 is 0. The highest BCUT2D eigenvalue weighted by Crippen LogP contribution is 2.29. The molecule has 0 radical (unpaired) electrons. The molecule has 0 heterocycles. The van der Waals surface area contributed by atoms with Gasteiger partial charge in [0.2, 0.25) is 0 Å². The van der Waals surface area contributed by atoms with Gasteiger partial charge in [0.1, 0.15) is 0 Å². The van der Waals surface area contributed by atoms with Gasteiger partial charge in [0.05, 0.1) is 5.56 Å². The molecule has 0 fully saturated rings. The summed E-state index contributed by atoms with van der Waals surface area (Å²) in [4.78, 5) is 0. The van der Waals surface area contributed by atoms with E-state index in [1.807, 2.05) is 30.3 Å². The molecule has 0 aromatic heterocycles. The maximum Gasteiger partial charge on any atom is 0.416 e. The molecular weight excluding hydrogens is 265 g/mol. The number of alkyl halides is 3. The fourth-order valence-electron chi connectivity index (χ4n) is 1.82. The highest BCUT2D eigenvalue weighted by atomic mass is 19.4. The van der Waals surface area contributed by atoms with Gasteiger partial charge in [-0.05, 0) is 29.8 Å². The molecule has 1 unspecified atom stereocenters. The van der Waals surface area contributed by atoms with Crippen LogP contribution in [0.15, 0.2) is 54.6 Å². The monoisotopic (exact) mass is 280 g/mol. The third-order valence-corrected chi connectivity index (χ3v) is 2.97. The summed E-state index contributed by atoms with van der Waals surface area (Å²) in [5, 5.41) is 3.14. The molecule has 0 aliphatic carbocycles. The van der Waals surface area contributed by atoms with Gasteiger partial charge in [0.15, 0.2) is 0 Å². The van der Waals surface area contributed by atoms with Gasteiger partial charge in [0.25, 0.3) is 0 Å². The van der Waals surface area contributed by atoms with Gasteiger partial charge in [0, 0.05) is 18.3 Å². The number of anilines is 1. The Morgan fingerprint density at radius 3 is 2.10 bits per heavy atom. The second kappa shape index (κ2) is 5.96. The van der Waals surface area contributed by atoms with Gasteiger partial charge in [-0.2, -0.15) is 13.2 Å². The molecule has 2 aromatic rings. The number of halogens is 3. The fraction of sp³-hybridized carbons (Fsp3) is 0.200. The number of benzene rings is 2. The van der Waals surface area contributed by atoms with Crippen LogP contribution < -0.4 is 11.1 Å². The number of nitrogens with two attached hydrogens (primary N) is 1. The van der Waals surface area contributed by atoms with Gasteiger partial charge in [-0.15, -0.1) is 0 Å². The lowest BCUT2D eigenvalue weighted by Crippen LogP contribution is -2.20. The first kappa shape index (κ1) is 14.4. The molecule has 0 amide bonds. The number of hydrogen-bond donors (Lipinski definition) is 2. The highest BCUT2D eigenvalue weighted by molar-refractivity contribution is 5.43. The van der Waals surface area contributed by atoms with Gasteiger partial charge < -0.3 is 11.1 Å². The second-order valence-electron chi connectivity index (χ2n) is 4.47. The topological polar surface area (TPSA) is 38.0 Å². The number of para-hydroxylation sites is 1. The average molecular weight is 280 g/mol. The fourth-order valence-corrected chi connectivity index (χ4v) is 1.82. The predicted octanol–water partition coefficient (Wildman–Crippen LogP) is 3.82. The van der Waals surface area contributed by atoms with E-state index in [2.05, 4.69) is 5.32 Å². The van der Waals surface area contributed by atoms with E-state index in [0.717, 1.165) is 17.8 Å². The second-order valence-corrected chi connectivity index (χ2v) is 4.47. The Morgan fingerprint density at radius 1 is 0.950 bits per heavy atom. The maximum atomic E-state index is 12.4. The van der Waals surface area contributed by atoms with Crippen LogP contribution in [0.5, 0.6) is 0 Å². The zero-order chi connectivity index (χ0) is 14.6. The van der Waals surface area contributed by atoms with Crippen molar-refractivity contribution in [2.75, 3.05) is 11.9 Å². The Bertz CT molecular complexity index is 535. The lowest BCUT2D eigenvalue weighted by Gasteiger charge is -2.15. The summed E-state index contributed by atoms with van der Waals surface area (Å²) < 4.78 is 37.3. The normalized spacial score (nSPS) is 13.0. The van der Waals surface area contributed by atoms with Crippen molar-refractivity contribution in [3.05, 3.63) is 65.7 Å². The van der Waals surface area contributed by atoms with Crippen molar-refractivity contribution < 1.29 is 13.2 Å². The molecule has 0 aliphatic heterocycles. The maximum absolute atomic E-state index is 12.4. The summed E-state index contributed by atoms with van der Waals surface area (Å²) in [5.41, 5.74) is 6.89. The molecule has 3 N–H and O–H groups in total. The van der Waals surface area contributed by atoms with Crippen LogP contribution in [-0.2, 0) is 6.18 Å². The quantitative estimate of drug-likeness (QED) is 0.893. The first-order valence-electron chi connectivity index (χ1n) is 6.18. The summed E-state index contributed by atoms with van der Waals surface area (Å²) in [5.74, 6) is 0. The number of rotatable bonds is 4. The van der Waals surface area contributed by atoms with Crippen LogP contribution in [0.3, 0.4) is 0 Å². The Labute approximate surface area is 115 Å². The molecule has 5 heteroatoms. The van der Waals surface area contributed by atoms with Crippen molar-refractivity contribution >= 4 is 5.69 Å². The zero-order valence-corrected chi connectivity index (χ0v) is 10.7. The Hall–Kier alpha value is -2.01. The standard InChI is InChI=1S/C15H15F3N2/c16-15(17,18)12-8-6-11(7-9-12)14(19)10-20-13-4-2-1-3-5-13/h1-9,14,20H,10,19H2. The number of nitrogens with one attached hydrogen (secondary N) is 1. The zero-order valence-electron chi connectivity index (χ0n) is 10.7. The Kier molecular flexibility index (Phi) is 4.29. The molecule has 0 spiro atoms. The van der Waals surface area contributed by atoms with E-state index in [1.54, 1.807) is 0 Å². The van der Waals surface area contributed by atoms with Crippen LogP contribution in [0.2, 0.25) is 0 Å². The molecule has 0 saturated carbocycles. The smallest absolute Gasteiger partial charge is 0.383 e. The Morgan fingerprint density at radius 2 is 1.55 bits per heavy atom. The first-order valence-corrected chi connectivity index (χ1v) is 6.18. The van der Waals surface area contributed by atoms with E-state index in [-0.39, 0.29) is 6.04 Å². The molecule has 2 rings (SSSR count). The van der Waals surface area contributed by atoms with Crippen LogP contribution in [0, 0.1) is 0 Å². The minimum Gasteiger partial charge on any atom is -0.383 e. The van der Waals surface area contributed by atoms with E-state index in [4.69, 9.17) is 5.73 Å². The summed E-state index contributed by atoms with van der Waals surface area (Å²) in [6.45, 7) is 0.454. The van der Waals surface area contributed by atoms with E-state index in [9.17, 15) is 13.2 Å². The Balaban J connectivity index is 1.97. The molecule has 0 bridgehead atoms. The molecule has 2 aromatic carbocycles. The third kappa shape index (κ3) is 3.74. The van der Waals surface area contributed by atoms with E-state index >= 15 is 0 Å². The van der Waals surface area contributed by atoms with Gasteiger partial charge in [-0.3, -0.25) is 0 Å². The van der Waals surface area contributed by atoms with E-state index in [1.165, 1.54) is 12.1 Å². The minimum absolute atomic E-state index is 0.363. The molecule has 0 saturated heterocycles. The van der Waals surface area contributed by atoms with Crippen LogP contribution in [0.4, 0.5) is 18.9 Å². The molecule has 1 atom stereocenters. The predicted molar refractivity (Wildman–Crippen MR) is 73.3 cm³/mol. The summed E-state index contributed by atoms with van der Waals surface area (Å²) in [6.07, 6.45) is -4.31. The van der Waals surface area contributed by atoms with Crippen molar-refractivity contribution in [2.45, 2.75) is 12.2 Å². The molecule has 2 nitrogen and oxygen atoms in total. The van der Waals surface area contributed by atoms with Crippen molar-refractivity contribution in [3.63, 3.8) is 0 Å². The van der Waals surface area contributed by atoms with Crippen LogP contribution in [0.1, 0.15) is 17.2 Å². The first-order chi connectivity index (χ1) is 9.47. The van der Waals surface area contributed by atoms with Crippen molar-refractivity contribution in [1.29, 1.82) is 0 Å². The molecule has 106 valence electrons. The third-order valence-electron chi connectivity index (χ3n) is 2.97. The van der Waals surface area contributed by atoms with Crippen molar-refractivity contribution in [2.24, 2.45) is 5.73 Å². The molecule has 0 aliphatic rings. The van der Waals surface area contributed by atoms with Crippen LogP contribution >= 0.6 is 0 Å². The highest BCUT2D eigenvalue weighted by Gasteiger charge is 2.30. The average Bonchev–Trinajstić information content (AvgIpc) is 2.45.